The van der Waals surface area contributed by atoms with Crippen LogP contribution in [0.15, 0.2) is 47.8 Å². The average molecular weight is 422 g/mol. The summed E-state index contributed by atoms with van der Waals surface area (Å²) >= 11 is 7.49. The minimum absolute atomic E-state index is 0.258. The highest BCUT2D eigenvalue weighted by atomic mass is 35.5. The molecule has 0 aliphatic rings. The highest BCUT2D eigenvalue weighted by Crippen LogP contribution is 2.30. The van der Waals surface area contributed by atoms with Crippen LogP contribution in [0.25, 0.3) is 10.6 Å². The Morgan fingerprint density at radius 3 is 2.63 bits per heavy atom. The number of sulfonamides is 1. The maximum atomic E-state index is 12.5. The standard InChI is InChI=1S/C18H16ClN3O3S2/c1-11-7-8-12(9-15(11)22-27(2,24)25)20-17(23)16-10-26-18(21-16)13-5-3-4-6-14(13)19/h3-10,22H,1-2H3,(H,20,23). The first-order chi connectivity index (χ1) is 12.7. The molecule has 0 radical (unpaired) electrons. The van der Waals surface area contributed by atoms with Gasteiger partial charge in [0.15, 0.2) is 0 Å². The third-order valence-electron chi connectivity index (χ3n) is 3.63. The van der Waals surface area contributed by atoms with Crippen LogP contribution in [0.4, 0.5) is 11.4 Å². The van der Waals surface area contributed by atoms with Crippen LogP contribution in [0.3, 0.4) is 0 Å². The number of amides is 1. The van der Waals surface area contributed by atoms with E-state index in [1.54, 1.807) is 36.6 Å². The topological polar surface area (TPSA) is 88.2 Å². The molecular formula is C18H16ClN3O3S2. The zero-order valence-corrected chi connectivity index (χ0v) is 16.9. The lowest BCUT2D eigenvalue weighted by Gasteiger charge is -2.10. The van der Waals surface area contributed by atoms with Crippen molar-refractivity contribution in [3.63, 3.8) is 0 Å². The van der Waals surface area contributed by atoms with Gasteiger partial charge >= 0.3 is 0 Å². The van der Waals surface area contributed by atoms with Gasteiger partial charge in [-0.25, -0.2) is 13.4 Å². The summed E-state index contributed by atoms with van der Waals surface area (Å²) in [4.78, 5) is 16.8. The number of halogens is 1. The Kier molecular flexibility index (Phi) is 5.50. The normalized spacial score (nSPS) is 11.2. The minimum Gasteiger partial charge on any atom is -0.321 e. The first-order valence-electron chi connectivity index (χ1n) is 7.83. The molecule has 0 aliphatic heterocycles. The van der Waals surface area contributed by atoms with Gasteiger partial charge in [-0.2, -0.15) is 0 Å². The zero-order valence-electron chi connectivity index (χ0n) is 14.5. The maximum absolute atomic E-state index is 12.5. The molecule has 0 bridgehead atoms. The number of carbonyl (C=O) groups excluding carboxylic acids is 1. The molecule has 140 valence electrons. The van der Waals surface area contributed by atoms with Gasteiger partial charge in [-0.3, -0.25) is 9.52 Å². The molecule has 0 atom stereocenters. The Labute approximate surface area is 166 Å². The number of benzene rings is 2. The third-order valence-corrected chi connectivity index (χ3v) is 5.43. The van der Waals surface area contributed by atoms with E-state index in [0.717, 1.165) is 17.4 Å². The number of carbonyl (C=O) groups is 1. The molecule has 0 unspecified atom stereocenters. The zero-order chi connectivity index (χ0) is 19.6. The Bertz CT molecular complexity index is 1110. The van der Waals surface area contributed by atoms with Crippen LogP contribution in [0, 0.1) is 6.92 Å². The number of hydrogen-bond donors (Lipinski definition) is 2. The summed E-state index contributed by atoms with van der Waals surface area (Å²) in [7, 11) is -3.41. The largest absolute Gasteiger partial charge is 0.321 e. The molecule has 0 saturated carbocycles. The molecule has 27 heavy (non-hydrogen) atoms. The number of aryl methyl sites for hydroxylation is 1. The van der Waals surface area contributed by atoms with Crippen molar-refractivity contribution < 1.29 is 13.2 Å². The molecule has 0 aliphatic carbocycles. The van der Waals surface area contributed by atoms with Crippen LogP contribution >= 0.6 is 22.9 Å². The summed E-state index contributed by atoms with van der Waals surface area (Å²) in [5, 5.41) is 5.59. The lowest BCUT2D eigenvalue weighted by Crippen LogP contribution is -2.14. The number of thiazole rings is 1. The Balaban J connectivity index is 1.80. The van der Waals surface area contributed by atoms with Crippen LogP contribution in [0.1, 0.15) is 16.1 Å². The number of hydrogen-bond acceptors (Lipinski definition) is 5. The van der Waals surface area contributed by atoms with E-state index in [2.05, 4.69) is 15.0 Å². The second kappa shape index (κ2) is 7.67. The Morgan fingerprint density at radius 2 is 1.93 bits per heavy atom. The highest BCUT2D eigenvalue weighted by molar-refractivity contribution is 7.92. The lowest BCUT2D eigenvalue weighted by atomic mass is 10.2. The lowest BCUT2D eigenvalue weighted by molar-refractivity contribution is 0.102. The summed E-state index contributed by atoms with van der Waals surface area (Å²) in [6, 6.07) is 12.3. The van der Waals surface area contributed by atoms with Gasteiger partial charge in [-0.1, -0.05) is 35.9 Å². The van der Waals surface area contributed by atoms with Gasteiger partial charge in [-0.05, 0) is 30.7 Å². The first-order valence-corrected chi connectivity index (χ1v) is 11.0. The number of nitrogens with zero attached hydrogens (tertiary/aromatic N) is 1. The molecule has 2 aromatic carbocycles. The average Bonchev–Trinajstić information content (AvgIpc) is 3.07. The summed E-state index contributed by atoms with van der Waals surface area (Å²) in [6.07, 6.45) is 1.07. The number of aromatic nitrogens is 1. The fourth-order valence-electron chi connectivity index (χ4n) is 2.34. The second-order valence-electron chi connectivity index (χ2n) is 5.88. The van der Waals surface area contributed by atoms with Crippen molar-refractivity contribution in [3.05, 3.63) is 64.1 Å². The van der Waals surface area contributed by atoms with Gasteiger partial charge in [0.05, 0.1) is 17.0 Å². The third kappa shape index (κ3) is 4.85. The molecule has 9 heteroatoms. The molecule has 3 rings (SSSR count). The van der Waals surface area contributed by atoms with E-state index in [4.69, 9.17) is 11.6 Å². The molecule has 0 spiro atoms. The Morgan fingerprint density at radius 1 is 1.19 bits per heavy atom. The molecule has 1 amide bonds. The maximum Gasteiger partial charge on any atom is 0.275 e. The van der Waals surface area contributed by atoms with Crippen LogP contribution in [0.2, 0.25) is 5.02 Å². The summed E-state index contributed by atoms with van der Waals surface area (Å²) in [5.74, 6) is -0.390. The van der Waals surface area contributed by atoms with Crippen molar-refractivity contribution in [2.24, 2.45) is 0 Å². The molecular weight excluding hydrogens is 406 g/mol. The quantitative estimate of drug-likeness (QED) is 0.639. The van der Waals surface area contributed by atoms with Crippen molar-refractivity contribution in [3.8, 4) is 10.6 Å². The summed E-state index contributed by atoms with van der Waals surface area (Å²) in [6.45, 7) is 1.77. The molecule has 0 saturated heterocycles. The van der Waals surface area contributed by atoms with E-state index in [0.29, 0.717) is 21.4 Å². The van der Waals surface area contributed by atoms with Crippen molar-refractivity contribution in [1.29, 1.82) is 0 Å². The Hall–Kier alpha value is -2.42. The van der Waals surface area contributed by atoms with Crippen LogP contribution in [-0.2, 0) is 10.0 Å². The molecule has 3 aromatic rings. The summed E-state index contributed by atoms with van der Waals surface area (Å²) in [5.41, 5.74) is 2.63. The molecule has 0 fully saturated rings. The van der Waals surface area contributed by atoms with Gasteiger partial charge in [0, 0.05) is 16.6 Å². The van der Waals surface area contributed by atoms with Crippen LogP contribution in [-0.4, -0.2) is 25.6 Å². The van der Waals surface area contributed by atoms with Gasteiger partial charge < -0.3 is 5.32 Å². The van der Waals surface area contributed by atoms with Crippen molar-refractivity contribution in [2.45, 2.75) is 6.92 Å². The number of nitrogens with one attached hydrogen (secondary N) is 2. The van der Waals surface area contributed by atoms with Crippen molar-refractivity contribution in [2.75, 3.05) is 16.3 Å². The fraction of sp³-hybridized carbons (Fsp3) is 0.111. The van der Waals surface area contributed by atoms with E-state index < -0.39 is 15.9 Å². The van der Waals surface area contributed by atoms with Gasteiger partial charge in [0.2, 0.25) is 10.0 Å². The molecule has 1 heterocycles. The van der Waals surface area contributed by atoms with E-state index >= 15 is 0 Å². The van der Waals surface area contributed by atoms with Crippen LogP contribution < -0.4 is 10.0 Å². The van der Waals surface area contributed by atoms with Crippen molar-refractivity contribution in [1.82, 2.24) is 4.98 Å². The summed E-state index contributed by atoms with van der Waals surface area (Å²) < 4.78 is 25.3. The number of rotatable bonds is 5. The first kappa shape index (κ1) is 19.3. The van der Waals surface area contributed by atoms with Crippen molar-refractivity contribution >= 4 is 50.2 Å². The van der Waals surface area contributed by atoms with E-state index in [9.17, 15) is 13.2 Å². The smallest absolute Gasteiger partial charge is 0.275 e. The molecule has 2 N–H and O–H groups in total. The van der Waals surface area contributed by atoms with E-state index in [-0.39, 0.29) is 5.69 Å². The van der Waals surface area contributed by atoms with Gasteiger partial charge in [0.25, 0.3) is 5.91 Å². The monoisotopic (exact) mass is 421 g/mol. The SMILES string of the molecule is Cc1ccc(NC(=O)c2csc(-c3ccccc3Cl)n2)cc1NS(C)(=O)=O. The highest BCUT2D eigenvalue weighted by Gasteiger charge is 2.14. The van der Waals surface area contributed by atoms with E-state index in [1.807, 2.05) is 18.2 Å². The molecule has 1 aromatic heterocycles. The molecule has 6 nitrogen and oxygen atoms in total. The predicted molar refractivity (Wildman–Crippen MR) is 110 cm³/mol. The predicted octanol–water partition coefficient (Wildman–Crippen LogP) is 4.40. The van der Waals surface area contributed by atoms with Gasteiger partial charge in [-0.15, -0.1) is 11.3 Å². The fourth-order valence-corrected chi connectivity index (χ4v) is 4.08. The van der Waals surface area contributed by atoms with Crippen LogP contribution in [0.5, 0.6) is 0 Å². The minimum atomic E-state index is -3.41. The van der Waals surface area contributed by atoms with E-state index in [1.165, 1.54) is 11.3 Å². The number of anilines is 2. The second-order valence-corrected chi connectivity index (χ2v) is 8.89. The van der Waals surface area contributed by atoms with Gasteiger partial charge in [0.1, 0.15) is 10.7 Å².